The van der Waals surface area contributed by atoms with Gasteiger partial charge in [-0.25, -0.2) is 9.18 Å². The second-order valence-corrected chi connectivity index (χ2v) is 9.19. The number of carboxylic acid groups (broad SMARTS) is 1. The van der Waals surface area contributed by atoms with Gasteiger partial charge in [0.05, 0.1) is 11.2 Å². The minimum absolute atomic E-state index is 0.151. The lowest BCUT2D eigenvalue weighted by atomic mass is 10.0. The number of piperidine rings is 1. The maximum Gasteiger partial charge on any atom is 0.341 e. The summed E-state index contributed by atoms with van der Waals surface area (Å²) in [5.74, 6) is -1.72. The number of hydrogen-bond donors (Lipinski definition) is 1. The highest BCUT2D eigenvalue weighted by molar-refractivity contribution is 5.93. The Hall–Kier alpha value is -2.45. The van der Waals surface area contributed by atoms with E-state index in [1.54, 1.807) is 6.07 Å². The lowest BCUT2D eigenvalue weighted by molar-refractivity contribution is 0.0695. The molecule has 1 aliphatic carbocycles. The Kier molecular flexibility index (Phi) is 5.22. The Morgan fingerprint density at radius 3 is 2.29 bits per heavy atom. The normalized spacial score (nSPS) is 21.7. The van der Waals surface area contributed by atoms with Crippen LogP contribution in [0.4, 0.5) is 10.1 Å². The molecular formula is C23H29FN4O3. The van der Waals surface area contributed by atoms with Crippen LogP contribution < -0.4 is 10.3 Å². The highest BCUT2D eigenvalue weighted by atomic mass is 19.1. The van der Waals surface area contributed by atoms with Crippen LogP contribution in [0.5, 0.6) is 0 Å². The summed E-state index contributed by atoms with van der Waals surface area (Å²) in [7, 11) is 2.16. The fourth-order valence-electron chi connectivity index (χ4n) is 5.10. The standard InChI is InChI=1S/C23H29FN4O3/c1-25-6-4-15(5-7-25)26-8-10-27(11-9-26)21-13-20-17(12-19(21)24)22(29)18(23(30)31)14-28(20)16-2-3-16/h12-16H,2-11H2,1H3,(H,30,31). The third-order valence-corrected chi connectivity index (χ3v) is 7.13. The van der Waals surface area contributed by atoms with Gasteiger partial charge in [0.2, 0.25) is 5.43 Å². The van der Waals surface area contributed by atoms with Gasteiger partial charge in [-0.05, 0) is 58.0 Å². The molecule has 1 aromatic carbocycles. The van der Waals surface area contributed by atoms with Crippen LogP contribution in [-0.4, -0.2) is 77.8 Å². The van der Waals surface area contributed by atoms with Crippen LogP contribution in [0.2, 0.25) is 0 Å². The van der Waals surface area contributed by atoms with Crippen molar-refractivity contribution in [1.29, 1.82) is 0 Å². The number of carbonyl (C=O) groups is 1. The summed E-state index contributed by atoms with van der Waals surface area (Å²) < 4.78 is 17.0. The largest absolute Gasteiger partial charge is 0.477 e. The van der Waals surface area contributed by atoms with E-state index in [9.17, 15) is 14.7 Å². The zero-order valence-electron chi connectivity index (χ0n) is 17.9. The van der Waals surface area contributed by atoms with Crippen LogP contribution in [-0.2, 0) is 0 Å². The Morgan fingerprint density at radius 1 is 1.00 bits per heavy atom. The van der Waals surface area contributed by atoms with Crippen LogP contribution >= 0.6 is 0 Å². The molecule has 166 valence electrons. The SMILES string of the molecule is CN1CCC(N2CCN(c3cc4c(cc3F)c(=O)c(C(=O)O)cn4C3CC3)CC2)CC1. The van der Waals surface area contributed by atoms with Gasteiger partial charge < -0.3 is 19.5 Å². The van der Waals surface area contributed by atoms with E-state index < -0.39 is 17.2 Å². The topological polar surface area (TPSA) is 69.0 Å². The molecular weight excluding hydrogens is 399 g/mol. The van der Waals surface area contributed by atoms with Crippen LogP contribution in [0.3, 0.4) is 0 Å². The first-order valence-electron chi connectivity index (χ1n) is 11.2. The average molecular weight is 429 g/mol. The number of benzene rings is 1. The van der Waals surface area contributed by atoms with Crippen LogP contribution in [0.25, 0.3) is 10.9 Å². The van der Waals surface area contributed by atoms with Gasteiger partial charge >= 0.3 is 5.97 Å². The number of carboxylic acids is 1. The molecule has 0 radical (unpaired) electrons. The predicted octanol–water partition coefficient (Wildman–Crippen LogP) is 2.39. The van der Waals surface area contributed by atoms with E-state index in [1.165, 1.54) is 25.1 Å². The summed E-state index contributed by atoms with van der Waals surface area (Å²) in [6.45, 7) is 5.55. The van der Waals surface area contributed by atoms with Gasteiger partial charge in [0, 0.05) is 49.8 Å². The number of fused-ring (bicyclic) bond motifs is 1. The summed E-state index contributed by atoms with van der Waals surface area (Å²) in [5, 5.41) is 9.55. The Labute approximate surface area is 180 Å². The quantitative estimate of drug-likeness (QED) is 0.807. The minimum atomic E-state index is -1.27. The summed E-state index contributed by atoms with van der Waals surface area (Å²) in [5.41, 5.74) is 0.231. The lowest BCUT2D eigenvalue weighted by Gasteiger charge is -2.43. The van der Waals surface area contributed by atoms with E-state index in [4.69, 9.17) is 0 Å². The Balaban J connectivity index is 1.43. The molecule has 1 N–H and O–H groups in total. The van der Waals surface area contributed by atoms with Gasteiger partial charge in [0.15, 0.2) is 0 Å². The van der Waals surface area contributed by atoms with E-state index in [0.29, 0.717) is 17.2 Å². The zero-order chi connectivity index (χ0) is 21.7. The summed E-state index contributed by atoms with van der Waals surface area (Å²) in [4.78, 5) is 31.1. The second-order valence-electron chi connectivity index (χ2n) is 9.19. The molecule has 0 spiro atoms. The maximum atomic E-state index is 15.1. The fourth-order valence-corrected chi connectivity index (χ4v) is 5.10. The van der Waals surface area contributed by atoms with Crippen molar-refractivity contribution in [3.05, 3.63) is 39.9 Å². The van der Waals surface area contributed by atoms with Gasteiger partial charge in [-0.15, -0.1) is 0 Å². The Morgan fingerprint density at radius 2 is 1.68 bits per heavy atom. The molecule has 8 heteroatoms. The number of aromatic carboxylic acids is 1. The number of likely N-dealkylation sites (tertiary alicyclic amines) is 1. The number of hydrogen-bond acceptors (Lipinski definition) is 5. The molecule has 7 nitrogen and oxygen atoms in total. The summed E-state index contributed by atoms with van der Waals surface area (Å²) in [6, 6.07) is 3.78. The van der Waals surface area contributed by atoms with Crippen LogP contribution in [0, 0.1) is 5.82 Å². The van der Waals surface area contributed by atoms with Crippen molar-refractivity contribution in [2.75, 3.05) is 51.2 Å². The molecule has 0 atom stereocenters. The first-order chi connectivity index (χ1) is 14.9. The Bertz CT molecular complexity index is 1060. The van der Waals surface area contributed by atoms with Crippen LogP contribution in [0.15, 0.2) is 23.1 Å². The summed E-state index contributed by atoms with van der Waals surface area (Å²) in [6.07, 6.45) is 5.68. The van der Waals surface area contributed by atoms with Gasteiger partial charge in [-0.3, -0.25) is 9.69 Å². The number of aromatic nitrogens is 1. The third-order valence-electron chi connectivity index (χ3n) is 7.13. The zero-order valence-corrected chi connectivity index (χ0v) is 17.9. The molecule has 3 aliphatic rings. The number of rotatable bonds is 4. The van der Waals surface area contributed by atoms with Gasteiger partial charge in [0.25, 0.3) is 0 Å². The molecule has 2 aromatic rings. The van der Waals surface area contributed by atoms with E-state index in [2.05, 4.69) is 21.7 Å². The molecule has 2 aliphatic heterocycles. The van der Waals surface area contributed by atoms with E-state index in [1.807, 2.05) is 4.57 Å². The average Bonchev–Trinajstić information content (AvgIpc) is 3.60. The summed E-state index contributed by atoms with van der Waals surface area (Å²) >= 11 is 0. The van der Waals surface area contributed by atoms with Crippen molar-refractivity contribution in [3.8, 4) is 0 Å². The molecule has 31 heavy (non-hydrogen) atoms. The number of nitrogens with zero attached hydrogens (tertiary/aromatic N) is 4. The highest BCUT2D eigenvalue weighted by Crippen LogP contribution is 2.38. The molecule has 3 heterocycles. The van der Waals surface area contributed by atoms with E-state index in [0.717, 1.165) is 52.1 Å². The monoisotopic (exact) mass is 428 g/mol. The predicted molar refractivity (Wildman–Crippen MR) is 118 cm³/mol. The second kappa shape index (κ2) is 7.91. The van der Waals surface area contributed by atoms with Crippen molar-refractivity contribution in [2.45, 2.75) is 37.8 Å². The van der Waals surface area contributed by atoms with Crippen molar-refractivity contribution >= 4 is 22.6 Å². The molecule has 1 aromatic heterocycles. The molecule has 0 amide bonds. The minimum Gasteiger partial charge on any atom is -0.477 e. The smallest absolute Gasteiger partial charge is 0.341 e. The lowest BCUT2D eigenvalue weighted by Crippen LogP contribution is -2.53. The first kappa shape index (κ1) is 20.5. The van der Waals surface area contributed by atoms with Gasteiger partial charge in [-0.1, -0.05) is 0 Å². The molecule has 2 saturated heterocycles. The molecule has 1 saturated carbocycles. The number of piperazine rings is 1. The van der Waals surface area contributed by atoms with E-state index >= 15 is 4.39 Å². The molecule has 0 unspecified atom stereocenters. The van der Waals surface area contributed by atoms with Crippen molar-refractivity contribution in [1.82, 2.24) is 14.4 Å². The third kappa shape index (κ3) is 3.83. The highest BCUT2D eigenvalue weighted by Gasteiger charge is 2.30. The molecule has 3 fully saturated rings. The maximum absolute atomic E-state index is 15.1. The molecule has 5 rings (SSSR count). The number of halogens is 1. The van der Waals surface area contributed by atoms with Gasteiger partial charge in [0.1, 0.15) is 11.4 Å². The fraction of sp³-hybridized carbons (Fsp3) is 0.565. The van der Waals surface area contributed by atoms with Crippen molar-refractivity contribution in [2.24, 2.45) is 0 Å². The van der Waals surface area contributed by atoms with E-state index in [-0.39, 0.29) is 17.0 Å². The van der Waals surface area contributed by atoms with Gasteiger partial charge in [-0.2, -0.15) is 0 Å². The molecule has 0 bridgehead atoms. The number of anilines is 1. The first-order valence-corrected chi connectivity index (χ1v) is 11.2. The number of pyridine rings is 1. The van der Waals surface area contributed by atoms with Crippen molar-refractivity contribution in [3.63, 3.8) is 0 Å². The van der Waals surface area contributed by atoms with Crippen molar-refractivity contribution < 1.29 is 14.3 Å². The van der Waals surface area contributed by atoms with Crippen LogP contribution in [0.1, 0.15) is 42.1 Å².